The lowest BCUT2D eigenvalue weighted by atomic mass is 9.85. The third kappa shape index (κ3) is 3.51. The molecule has 3 nitrogen and oxygen atoms in total. The molecule has 2 aliphatic carbocycles. The largest absolute Gasteiger partial charge is 0.468 e. The Morgan fingerprint density at radius 3 is 2.70 bits per heavy atom. The van der Waals surface area contributed by atoms with Crippen molar-refractivity contribution in [3.63, 3.8) is 0 Å². The maximum Gasteiger partial charge on any atom is 0.326 e. The number of esters is 1. The molecule has 0 amide bonds. The average molecular weight is 299 g/mol. The molecule has 2 unspecified atom stereocenters. The Hall–Kier alpha value is -0.220. The highest BCUT2D eigenvalue weighted by Gasteiger charge is 2.48. The second kappa shape index (κ2) is 7.69. The predicted octanol–water partition coefficient (Wildman–Crippen LogP) is 3.23. The number of likely N-dealkylation sites (N-methyl/N-ethyl adjacent to an activating group) is 1. The molecule has 0 aromatic heterocycles. The van der Waals surface area contributed by atoms with Crippen molar-refractivity contribution < 1.29 is 9.53 Å². The maximum atomic E-state index is 12.1. The van der Waals surface area contributed by atoms with Crippen LogP contribution in [0.2, 0.25) is 0 Å². The van der Waals surface area contributed by atoms with Gasteiger partial charge in [-0.05, 0) is 62.5 Å². The van der Waals surface area contributed by atoms with Gasteiger partial charge >= 0.3 is 5.97 Å². The molecule has 2 fully saturated rings. The molecule has 20 heavy (non-hydrogen) atoms. The lowest BCUT2D eigenvalue weighted by molar-refractivity contribution is -0.150. The average Bonchev–Trinajstić information content (AvgIpc) is 3.12. The summed E-state index contributed by atoms with van der Waals surface area (Å²) in [5, 5.41) is 3.28. The molecular weight excluding hydrogens is 270 g/mol. The van der Waals surface area contributed by atoms with E-state index in [0.29, 0.717) is 5.92 Å². The molecule has 0 saturated heterocycles. The van der Waals surface area contributed by atoms with Crippen molar-refractivity contribution in [3.05, 3.63) is 0 Å². The van der Waals surface area contributed by atoms with Crippen molar-refractivity contribution in [1.29, 1.82) is 0 Å². The minimum absolute atomic E-state index is 0.0664. The van der Waals surface area contributed by atoms with Gasteiger partial charge in [-0.3, -0.25) is 4.79 Å². The normalized spacial score (nSPS) is 30.8. The van der Waals surface area contributed by atoms with Gasteiger partial charge in [-0.2, -0.15) is 11.8 Å². The van der Waals surface area contributed by atoms with Crippen LogP contribution >= 0.6 is 11.8 Å². The Kier molecular flexibility index (Phi) is 6.21. The first-order chi connectivity index (χ1) is 9.73. The molecule has 0 bridgehead atoms. The van der Waals surface area contributed by atoms with Crippen molar-refractivity contribution in [3.8, 4) is 0 Å². The van der Waals surface area contributed by atoms with Crippen LogP contribution in [0.1, 0.15) is 51.4 Å². The van der Waals surface area contributed by atoms with E-state index in [1.165, 1.54) is 44.3 Å². The van der Waals surface area contributed by atoms with Gasteiger partial charge in [0.1, 0.15) is 5.54 Å². The Labute approximate surface area is 127 Å². The van der Waals surface area contributed by atoms with Crippen LogP contribution in [0.4, 0.5) is 0 Å². The molecule has 0 aromatic rings. The van der Waals surface area contributed by atoms with E-state index in [4.69, 9.17) is 4.74 Å². The van der Waals surface area contributed by atoms with Crippen LogP contribution < -0.4 is 5.32 Å². The Bertz CT molecular complexity index is 318. The highest BCUT2D eigenvalue weighted by molar-refractivity contribution is 7.99. The summed E-state index contributed by atoms with van der Waals surface area (Å²) in [7, 11) is 3.41. The molecular formula is C16H29NO2S. The van der Waals surface area contributed by atoms with Crippen LogP contribution in [0.5, 0.6) is 0 Å². The van der Waals surface area contributed by atoms with Gasteiger partial charge in [0.05, 0.1) is 7.11 Å². The number of nitrogens with one attached hydrogen (secondary N) is 1. The number of carbonyl (C=O) groups is 1. The molecule has 0 spiro atoms. The molecule has 0 aliphatic heterocycles. The SMILES string of the molecule is CNC1(C(=O)OC)CCCC1CCSCC1CCCC1. The van der Waals surface area contributed by atoms with Crippen LogP contribution in [-0.4, -0.2) is 37.2 Å². The molecule has 2 aliphatic rings. The summed E-state index contributed by atoms with van der Waals surface area (Å²) in [4.78, 5) is 12.1. The van der Waals surface area contributed by atoms with E-state index in [1.54, 1.807) is 0 Å². The van der Waals surface area contributed by atoms with Crippen molar-refractivity contribution in [2.45, 2.75) is 56.9 Å². The first-order valence-electron chi connectivity index (χ1n) is 8.08. The summed E-state index contributed by atoms with van der Waals surface area (Å²) in [5.41, 5.74) is -0.414. The van der Waals surface area contributed by atoms with Crippen molar-refractivity contribution in [2.24, 2.45) is 11.8 Å². The second-order valence-electron chi connectivity index (χ2n) is 6.32. The molecule has 0 aromatic carbocycles. The number of thioether (sulfide) groups is 1. The number of rotatable bonds is 7. The highest BCUT2D eigenvalue weighted by atomic mass is 32.2. The fraction of sp³-hybridized carbons (Fsp3) is 0.938. The molecule has 4 heteroatoms. The quantitative estimate of drug-likeness (QED) is 0.578. The molecule has 2 atom stereocenters. The van der Waals surface area contributed by atoms with Crippen molar-refractivity contribution >= 4 is 17.7 Å². The molecule has 2 rings (SSSR count). The van der Waals surface area contributed by atoms with Gasteiger partial charge in [-0.15, -0.1) is 0 Å². The number of methoxy groups -OCH3 is 1. The van der Waals surface area contributed by atoms with Crippen LogP contribution in [0.15, 0.2) is 0 Å². The Balaban J connectivity index is 1.76. The van der Waals surface area contributed by atoms with E-state index in [-0.39, 0.29) is 5.97 Å². The van der Waals surface area contributed by atoms with E-state index in [2.05, 4.69) is 17.1 Å². The van der Waals surface area contributed by atoms with Gasteiger partial charge in [-0.1, -0.05) is 19.3 Å². The van der Waals surface area contributed by atoms with Gasteiger partial charge in [0.15, 0.2) is 0 Å². The zero-order valence-electron chi connectivity index (χ0n) is 13.0. The summed E-state index contributed by atoms with van der Waals surface area (Å²) in [5.74, 6) is 3.83. The summed E-state index contributed by atoms with van der Waals surface area (Å²) < 4.78 is 5.04. The van der Waals surface area contributed by atoms with Gasteiger partial charge in [0, 0.05) is 0 Å². The lowest BCUT2D eigenvalue weighted by Gasteiger charge is -2.32. The summed E-state index contributed by atoms with van der Waals surface area (Å²) >= 11 is 2.09. The van der Waals surface area contributed by atoms with Crippen LogP contribution in [0.3, 0.4) is 0 Å². The van der Waals surface area contributed by atoms with E-state index in [9.17, 15) is 4.79 Å². The Morgan fingerprint density at radius 2 is 2.05 bits per heavy atom. The molecule has 2 saturated carbocycles. The fourth-order valence-electron chi connectivity index (χ4n) is 4.00. The maximum absolute atomic E-state index is 12.1. The zero-order valence-corrected chi connectivity index (χ0v) is 13.8. The van der Waals surface area contributed by atoms with E-state index in [0.717, 1.165) is 31.6 Å². The third-order valence-corrected chi connectivity index (χ3v) is 6.49. The number of carbonyl (C=O) groups excluding carboxylic acids is 1. The topological polar surface area (TPSA) is 38.3 Å². The standard InChI is InChI=1S/C16H29NO2S/c1-17-16(15(18)19-2)10-5-8-14(16)9-11-20-12-13-6-3-4-7-13/h13-14,17H,3-12H2,1-2H3. The van der Waals surface area contributed by atoms with Crippen LogP contribution in [-0.2, 0) is 9.53 Å². The molecule has 1 N–H and O–H groups in total. The van der Waals surface area contributed by atoms with Crippen LogP contribution in [0, 0.1) is 11.8 Å². The zero-order chi connectivity index (χ0) is 14.4. The highest BCUT2D eigenvalue weighted by Crippen LogP contribution is 2.39. The van der Waals surface area contributed by atoms with E-state index >= 15 is 0 Å². The monoisotopic (exact) mass is 299 g/mol. The fourth-order valence-corrected chi connectivity index (χ4v) is 5.29. The molecule has 0 radical (unpaired) electrons. The summed E-state index contributed by atoms with van der Waals surface area (Å²) in [6.07, 6.45) is 10.1. The Morgan fingerprint density at radius 1 is 1.30 bits per heavy atom. The molecule has 0 heterocycles. The van der Waals surface area contributed by atoms with Crippen LogP contribution in [0.25, 0.3) is 0 Å². The number of ether oxygens (including phenoxy) is 1. The summed E-state index contributed by atoms with van der Waals surface area (Å²) in [6.45, 7) is 0. The molecule has 116 valence electrons. The smallest absolute Gasteiger partial charge is 0.326 e. The van der Waals surface area contributed by atoms with E-state index < -0.39 is 5.54 Å². The first kappa shape index (κ1) is 16.2. The first-order valence-corrected chi connectivity index (χ1v) is 9.23. The van der Waals surface area contributed by atoms with E-state index in [1.807, 2.05) is 7.05 Å². The van der Waals surface area contributed by atoms with Crippen molar-refractivity contribution in [2.75, 3.05) is 25.7 Å². The second-order valence-corrected chi connectivity index (χ2v) is 7.47. The summed E-state index contributed by atoms with van der Waals surface area (Å²) in [6, 6.07) is 0. The minimum atomic E-state index is -0.414. The lowest BCUT2D eigenvalue weighted by Crippen LogP contribution is -2.53. The van der Waals surface area contributed by atoms with Gasteiger partial charge in [0.25, 0.3) is 0 Å². The van der Waals surface area contributed by atoms with Gasteiger partial charge < -0.3 is 10.1 Å². The van der Waals surface area contributed by atoms with Gasteiger partial charge in [0.2, 0.25) is 0 Å². The number of hydrogen-bond acceptors (Lipinski definition) is 4. The van der Waals surface area contributed by atoms with Crippen molar-refractivity contribution in [1.82, 2.24) is 5.32 Å². The number of hydrogen-bond donors (Lipinski definition) is 1. The third-order valence-electron chi connectivity index (χ3n) is 5.26. The van der Waals surface area contributed by atoms with Gasteiger partial charge in [-0.25, -0.2) is 0 Å². The predicted molar refractivity (Wildman–Crippen MR) is 85.0 cm³/mol. The minimum Gasteiger partial charge on any atom is -0.468 e.